The lowest BCUT2D eigenvalue weighted by Crippen LogP contribution is -2.18. The first-order chi connectivity index (χ1) is 12.0. The Morgan fingerprint density at radius 1 is 1.08 bits per heavy atom. The van der Waals surface area contributed by atoms with Gasteiger partial charge in [-0.15, -0.1) is 0 Å². The van der Waals surface area contributed by atoms with Crippen LogP contribution in [0, 0.1) is 17.0 Å². The molecule has 0 bridgehead atoms. The number of hydrogen-bond acceptors (Lipinski definition) is 4. The quantitative estimate of drug-likeness (QED) is 0.224. The van der Waals surface area contributed by atoms with Crippen molar-refractivity contribution in [2.75, 3.05) is 0 Å². The van der Waals surface area contributed by atoms with E-state index in [1.54, 1.807) is 23.7 Å². The molecule has 7 nitrogen and oxygen atoms in total. The van der Waals surface area contributed by atoms with Crippen molar-refractivity contribution < 1.29 is 14.0 Å². The van der Waals surface area contributed by atoms with Crippen LogP contribution in [0.2, 0.25) is 0 Å². The van der Waals surface area contributed by atoms with Crippen molar-refractivity contribution in [1.29, 1.82) is 5.41 Å². The summed E-state index contributed by atoms with van der Waals surface area (Å²) in [6.45, 7) is 0. The van der Waals surface area contributed by atoms with Crippen LogP contribution in [0.3, 0.4) is 0 Å². The van der Waals surface area contributed by atoms with E-state index in [4.69, 9.17) is 10.6 Å². The Morgan fingerprint density at radius 3 is 2.64 bits per heavy atom. The van der Waals surface area contributed by atoms with Gasteiger partial charge in [-0.2, -0.15) is 0 Å². The van der Waals surface area contributed by atoms with Gasteiger partial charge in [0.25, 0.3) is 0 Å². The summed E-state index contributed by atoms with van der Waals surface area (Å²) in [5.74, 6) is -0.501. The second kappa shape index (κ2) is 5.64. The van der Waals surface area contributed by atoms with E-state index in [0.29, 0.717) is 22.7 Å². The van der Waals surface area contributed by atoms with Crippen LogP contribution in [0.1, 0.15) is 17.2 Å². The van der Waals surface area contributed by atoms with Gasteiger partial charge in [0, 0.05) is 11.6 Å². The Kier molecular flexibility index (Phi) is 3.43. The molecular formula is C16H12F2N6O. The number of amidine groups is 1. The number of hydroxylamine groups is 1. The molecule has 2 aromatic carbocycles. The van der Waals surface area contributed by atoms with Crippen molar-refractivity contribution in [3.8, 4) is 0 Å². The highest BCUT2D eigenvalue weighted by Gasteiger charge is 2.12. The van der Waals surface area contributed by atoms with Gasteiger partial charge in [0.1, 0.15) is 28.8 Å². The summed E-state index contributed by atoms with van der Waals surface area (Å²) in [5, 5.41) is 16.4. The number of aromatic amines is 2. The predicted molar refractivity (Wildman–Crippen MR) is 86.7 cm³/mol. The summed E-state index contributed by atoms with van der Waals surface area (Å²) in [7, 11) is 0. The minimum absolute atomic E-state index is 0.0808. The molecule has 5 N–H and O–H groups in total. The molecule has 0 amide bonds. The Bertz CT molecular complexity index is 1120. The third-order valence-corrected chi connectivity index (χ3v) is 3.82. The van der Waals surface area contributed by atoms with E-state index in [0.717, 1.165) is 11.6 Å². The third kappa shape index (κ3) is 2.70. The smallest absolute Gasteiger partial charge is 0.153 e. The molecule has 0 saturated carbocycles. The van der Waals surface area contributed by atoms with Crippen molar-refractivity contribution >= 4 is 27.9 Å². The molecule has 0 radical (unpaired) electrons. The second-order valence-electron chi connectivity index (χ2n) is 5.55. The van der Waals surface area contributed by atoms with E-state index < -0.39 is 11.6 Å². The minimum Gasteiger partial charge on any atom is -0.342 e. The average molecular weight is 342 g/mol. The number of aromatic nitrogens is 4. The molecule has 25 heavy (non-hydrogen) atoms. The summed E-state index contributed by atoms with van der Waals surface area (Å²) in [5.41, 5.74) is 3.99. The monoisotopic (exact) mass is 342 g/mol. The molecule has 4 aromatic rings. The molecule has 0 atom stereocenters. The lowest BCUT2D eigenvalue weighted by atomic mass is 10.2. The van der Waals surface area contributed by atoms with Crippen LogP contribution in [-0.4, -0.2) is 31.0 Å². The number of H-pyrrole nitrogens is 2. The summed E-state index contributed by atoms with van der Waals surface area (Å²) in [4.78, 5) is 14.5. The van der Waals surface area contributed by atoms with Crippen molar-refractivity contribution in [2.24, 2.45) is 0 Å². The Balaban J connectivity index is 1.68. The Hall–Kier alpha value is -3.33. The van der Waals surface area contributed by atoms with Gasteiger partial charge in [-0.3, -0.25) is 16.1 Å². The van der Waals surface area contributed by atoms with Crippen molar-refractivity contribution in [1.82, 2.24) is 25.4 Å². The fourth-order valence-electron chi connectivity index (χ4n) is 2.70. The maximum absolute atomic E-state index is 13.7. The molecule has 9 heteroatoms. The van der Waals surface area contributed by atoms with Crippen LogP contribution < -0.4 is 5.48 Å². The van der Waals surface area contributed by atoms with Gasteiger partial charge >= 0.3 is 0 Å². The molecular weight excluding hydrogens is 330 g/mol. The van der Waals surface area contributed by atoms with Crippen molar-refractivity contribution in [2.45, 2.75) is 6.42 Å². The van der Waals surface area contributed by atoms with E-state index in [9.17, 15) is 8.78 Å². The molecule has 4 rings (SSSR count). The number of imidazole rings is 2. The van der Waals surface area contributed by atoms with E-state index in [2.05, 4.69) is 19.9 Å². The second-order valence-corrected chi connectivity index (χ2v) is 5.55. The summed E-state index contributed by atoms with van der Waals surface area (Å²) in [6.07, 6.45) is 0.273. The minimum atomic E-state index is -0.721. The highest BCUT2D eigenvalue weighted by atomic mass is 19.1. The lowest BCUT2D eigenvalue weighted by molar-refractivity contribution is 0.234. The molecule has 126 valence electrons. The van der Waals surface area contributed by atoms with Crippen LogP contribution in [0.5, 0.6) is 0 Å². The summed E-state index contributed by atoms with van der Waals surface area (Å²) in [6, 6.07) is 7.03. The van der Waals surface area contributed by atoms with Crippen molar-refractivity contribution in [3.05, 3.63) is 59.2 Å². The zero-order valence-corrected chi connectivity index (χ0v) is 12.7. The molecule has 0 aliphatic carbocycles. The first kappa shape index (κ1) is 15.2. The van der Waals surface area contributed by atoms with Crippen LogP contribution in [0.15, 0.2) is 30.3 Å². The molecule has 0 aliphatic heterocycles. The maximum atomic E-state index is 13.7. The van der Waals surface area contributed by atoms with E-state index in [1.165, 1.54) is 6.07 Å². The SMILES string of the molecule is N=C(NO)c1ccc2[nH]c(Cc3nc4c(F)cc(F)cc4[nH]3)nc2c1. The first-order valence-electron chi connectivity index (χ1n) is 7.35. The number of fused-ring (bicyclic) bond motifs is 2. The predicted octanol–water partition coefficient (Wildman–Crippen LogP) is 2.61. The van der Waals surface area contributed by atoms with E-state index in [-0.39, 0.29) is 23.3 Å². The van der Waals surface area contributed by atoms with Gasteiger partial charge in [0.05, 0.1) is 23.0 Å². The molecule has 0 aliphatic rings. The van der Waals surface area contributed by atoms with Crippen LogP contribution in [0.4, 0.5) is 8.78 Å². The molecule has 0 saturated heterocycles. The number of nitrogens with zero attached hydrogens (tertiary/aromatic N) is 2. The van der Waals surface area contributed by atoms with Crippen LogP contribution in [-0.2, 0) is 6.42 Å². The molecule has 2 aromatic heterocycles. The van der Waals surface area contributed by atoms with Gasteiger partial charge in [0.2, 0.25) is 0 Å². The largest absolute Gasteiger partial charge is 0.342 e. The van der Waals surface area contributed by atoms with E-state index in [1.807, 2.05) is 0 Å². The van der Waals surface area contributed by atoms with E-state index >= 15 is 0 Å². The zero-order chi connectivity index (χ0) is 17.6. The highest BCUT2D eigenvalue weighted by molar-refractivity contribution is 5.98. The standard InChI is InChI=1S/C16H12F2N6O/c17-8-4-9(18)15-12(5-8)22-14(23-15)6-13-20-10-2-1-7(16(19)24-25)3-11(10)21-13/h1-5,25H,6H2,(H2,19,24)(H,20,21)(H,22,23). The van der Waals surface area contributed by atoms with Gasteiger partial charge in [0.15, 0.2) is 5.82 Å². The Labute approximate surface area is 139 Å². The molecule has 0 spiro atoms. The Morgan fingerprint density at radius 2 is 1.84 bits per heavy atom. The summed E-state index contributed by atoms with van der Waals surface area (Å²) >= 11 is 0. The molecule has 0 fully saturated rings. The van der Waals surface area contributed by atoms with Gasteiger partial charge in [-0.1, -0.05) is 0 Å². The molecule has 2 heterocycles. The van der Waals surface area contributed by atoms with Crippen LogP contribution >= 0.6 is 0 Å². The summed E-state index contributed by atoms with van der Waals surface area (Å²) < 4.78 is 27.0. The number of nitrogens with one attached hydrogen (secondary N) is 4. The van der Waals surface area contributed by atoms with Gasteiger partial charge in [-0.05, 0) is 24.3 Å². The lowest BCUT2D eigenvalue weighted by Gasteiger charge is -2.00. The average Bonchev–Trinajstić information content (AvgIpc) is 3.16. The maximum Gasteiger partial charge on any atom is 0.153 e. The van der Waals surface area contributed by atoms with Crippen LogP contribution in [0.25, 0.3) is 22.1 Å². The molecule has 0 unspecified atom stereocenters. The highest BCUT2D eigenvalue weighted by Crippen LogP contribution is 2.20. The normalized spacial score (nSPS) is 11.3. The van der Waals surface area contributed by atoms with Crippen molar-refractivity contribution in [3.63, 3.8) is 0 Å². The number of halogens is 2. The number of hydrogen-bond donors (Lipinski definition) is 5. The third-order valence-electron chi connectivity index (χ3n) is 3.82. The topological polar surface area (TPSA) is 113 Å². The first-order valence-corrected chi connectivity index (χ1v) is 7.35. The fourth-order valence-corrected chi connectivity index (χ4v) is 2.70. The number of benzene rings is 2. The van der Waals surface area contributed by atoms with Gasteiger partial charge in [-0.25, -0.2) is 18.7 Å². The zero-order valence-electron chi connectivity index (χ0n) is 12.7. The fraction of sp³-hybridized carbons (Fsp3) is 0.0625. The number of rotatable bonds is 3. The van der Waals surface area contributed by atoms with Gasteiger partial charge < -0.3 is 9.97 Å².